The highest BCUT2D eigenvalue weighted by molar-refractivity contribution is 6.18. The lowest BCUT2D eigenvalue weighted by Crippen LogP contribution is -2.32. The average molecular weight is 193 g/mol. The molecule has 0 fully saturated rings. The van der Waals surface area contributed by atoms with E-state index in [1.54, 1.807) is 7.11 Å². The molecule has 0 saturated carbocycles. The van der Waals surface area contributed by atoms with Crippen LogP contribution in [-0.4, -0.2) is 18.6 Å². The molecule has 0 heterocycles. The fourth-order valence-electron chi connectivity index (χ4n) is 1.37. The molecule has 0 N–H and O–H groups in total. The van der Waals surface area contributed by atoms with Crippen LogP contribution in [0.1, 0.15) is 40.5 Å². The van der Waals surface area contributed by atoms with E-state index in [4.69, 9.17) is 16.3 Å². The fourth-order valence-corrected chi connectivity index (χ4v) is 1.65. The maximum absolute atomic E-state index is 5.92. The predicted octanol–water partition coefficient (Wildman–Crippen LogP) is 3.46. The Morgan fingerprint density at radius 3 is 2.00 bits per heavy atom. The van der Waals surface area contributed by atoms with Gasteiger partial charge in [-0.05, 0) is 32.1 Å². The molecular formula is C10H21ClO. The summed E-state index contributed by atoms with van der Waals surface area (Å²) in [6.45, 7) is 8.59. The minimum Gasteiger partial charge on any atom is -0.379 e. The van der Waals surface area contributed by atoms with E-state index in [2.05, 4.69) is 27.7 Å². The van der Waals surface area contributed by atoms with Crippen molar-refractivity contribution in [2.45, 2.75) is 46.1 Å². The van der Waals surface area contributed by atoms with Gasteiger partial charge in [-0.25, -0.2) is 0 Å². The highest BCUT2D eigenvalue weighted by Crippen LogP contribution is 2.34. The van der Waals surface area contributed by atoms with E-state index in [-0.39, 0.29) is 11.0 Å². The third-order valence-electron chi connectivity index (χ3n) is 2.58. The van der Waals surface area contributed by atoms with Crippen LogP contribution in [0.2, 0.25) is 0 Å². The first-order valence-corrected chi connectivity index (χ1v) is 5.04. The largest absolute Gasteiger partial charge is 0.379 e. The van der Waals surface area contributed by atoms with Gasteiger partial charge in [0.25, 0.3) is 0 Å². The van der Waals surface area contributed by atoms with E-state index in [1.807, 2.05) is 0 Å². The monoisotopic (exact) mass is 192 g/mol. The summed E-state index contributed by atoms with van der Waals surface area (Å²) < 4.78 is 5.38. The van der Waals surface area contributed by atoms with Gasteiger partial charge in [0.15, 0.2) is 0 Å². The Bertz CT molecular complexity index is 128. The third kappa shape index (κ3) is 3.77. The van der Waals surface area contributed by atoms with E-state index in [1.165, 1.54) is 0 Å². The molecule has 74 valence electrons. The van der Waals surface area contributed by atoms with Gasteiger partial charge >= 0.3 is 0 Å². The summed E-state index contributed by atoms with van der Waals surface area (Å²) in [5.74, 6) is 0.705. The van der Waals surface area contributed by atoms with E-state index >= 15 is 0 Å². The first kappa shape index (κ1) is 12.2. The molecule has 1 atom stereocenters. The summed E-state index contributed by atoms with van der Waals surface area (Å²) in [5, 5.41) is 0. The van der Waals surface area contributed by atoms with Gasteiger partial charge in [-0.2, -0.15) is 0 Å². The van der Waals surface area contributed by atoms with Crippen LogP contribution in [0.3, 0.4) is 0 Å². The highest BCUT2D eigenvalue weighted by atomic mass is 35.5. The first-order chi connectivity index (χ1) is 5.39. The molecule has 0 bridgehead atoms. The topological polar surface area (TPSA) is 9.23 Å². The highest BCUT2D eigenvalue weighted by Gasteiger charge is 2.30. The normalized spacial score (nSPS) is 17.5. The lowest BCUT2D eigenvalue weighted by atomic mass is 9.79. The van der Waals surface area contributed by atoms with Crippen molar-refractivity contribution >= 4 is 11.6 Å². The molecule has 0 aromatic rings. The minimum absolute atomic E-state index is 0.0559. The molecule has 0 spiro atoms. The Balaban J connectivity index is 4.20. The molecule has 0 aromatic carbocycles. The van der Waals surface area contributed by atoms with Gasteiger partial charge in [-0.3, -0.25) is 0 Å². The zero-order chi connectivity index (χ0) is 9.83. The minimum atomic E-state index is -0.0559. The van der Waals surface area contributed by atoms with E-state index in [9.17, 15) is 0 Å². The molecule has 1 nitrogen and oxygen atoms in total. The SMILES string of the molecule is CCC(C)(CCl)CC(C)(C)OC. The summed E-state index contributed by atoms with van der Waals surface area (Å²) in [5.41, 5.74) is 0.153. The number of hydrogen-bond donors (Lipinski definition) is 0. The van der Waals surface area contributed by atoms with Crippen molar-refractivity contribution in [2.75, 3.05) is 13.0 Å². The van der Waals surface area contributed by atoms with Crippen LogP contribution in [0.5, 0.6) is 0 Å². The zero-order valence-electron chi connectivity index (χ0n) is 8.91. The Hall–Kier alpha value is 0.250. The van der Waals surface area contributed by atoms with Gasteiger partial charge in [0.05, 0.1) is 5.60 Å². The second kappa shape index (κ2) is 4.48. The molecule has 0 saturated heterocycles. The molecule has 2 heteroatoms. The van der Waals surface area contributed by atoms with Gasteiger partial charge in [-0.1, -0.05) is 13.8 Å². The van der Waals surface area contributed by atoms with E-state index in [0.29, 0.717) is 5.88 Å². The third-order valence-corrected chi connectivity index (χ3v) is 3.23. The predicted molar refractivity (Wildman–Crippen MR) is 54.8 cm³/mol. The molecule has 0 amide bonds. The van der Waals surface area contributed by atoms with Crippen LogP contribution in [0.4, 0.5) is 0 Å². The molecular weight excluding hydrogens is 172 g/mol. The second-order valence-corrected chi connectivity index (χ2v) is 4.71. The molecule has 0 aliphatic heterocycles. The molecule has 0 rings (SSSR count). The Morgan fingerprint density at radius 1 is 1.25 bits per heavy atom. The van der Waals surface area contributed by atoms with E-state index in [0.717, 1.165) is 12.8 Å². The smallest absolute Gasteiger partial charge is 0.0628 e. The quantitative estimate of drug-likeness (QED) is 0.607. The van der Waals surface area contributed by atoms with Crippen molar-refractivity contribution in [1.29, 1.82) is 0 Å². The van der Waals surface area contributed by atoms with Gasteiger partial charge in [-0.15, -0.1) is 11.6 Å². The van der Waals surface area contributed by atoms with Crippen molar-refractivity contribution in [3.8, 4) is 0 Å². The maximum atomic E-state index is 5.92. The molecule has 12 heavy (non-hydrogen) atoms. The number of rotatable bonds is 5. The van der Waals surface area contributed by atoms with Crippen LogP contribution in [-0.2, 0) is 4.74 Å². The summed E-state index contributed by atoms with van der Waals surface area (Å²) >= 11 is 5.92. The van der Waals surface area contributed by atoms with E-state index < -0.39 is 0 Å². The number of methoxy groups -OCH3 is 1. The molecule has 0 radical (unpaired) electrons. The van der Waals surface area contributed by atoms with Crippen LogP contribution < -0.4 is 0 Å². The van der Waals surface area contributed by atoms with Gasteiger partial charge < -0.3 is 4.74 Å². The van der Waals surface area contributed by atoms with Crippen molar-refractivity contribution < 1.29 is 4.74 Å². The molecule has 0 aromatic heterocycles. The maximum Gasteiger partial charge on any atom is 0.0628 e. The lowest BCUT2D eigenvalue weighted by Gasteiger charge is -2.34. The van der Waals surface area contributed by atoms with Crippen molar-refractivity contribution in [1.82, 2.24) is 0 Å². The summed E-state index contributed by atoms with van der Waals surface area (Å²) in [4.78, 5) is 0. The second-order valence-electron chi connectivity index (χ2n) is 4.44. The Kier molecular flexibility index (Phi) is 4.57. The van der Waals surface area contributed by atoms with Crippen LogP contribution >= 0.6 is 11.6 Å². The molecule has 0 aliphatic rings. The van der Waals surface area contributed by atoms with Crippen molar-refractivity contribution in [2.24, 2.45) is 5.41 Å². The van der Waals surface area contributed by atoms with Crippen LogP contribution in [0, 0.1) is 5.41 Å². The lowest BCUT2D eigenvalue weighted by molar-refractivity contribution is -0.0129. The number of alkyl halides is 1. The molecule has 0 aliphatic carbocycles. The zero-order valence-corrected chi connectivity index (χ0v) is 9.66. The molecule has 1 unspecified atom stereocenters. The summed E-state index contributed by atoms with van der Waals surface area (Å²) in [6.07, 6.45) is 2.11. The van der Waals surface area contributed by atoms with Gasteiger partial charge in [0, 0.05) is 13.0 Å². The average Bonchev–Trinajstić information content (AvgIpc) is 2.04. The number of halogens is 1. The first-order valence-electron chi connectivity index (χ1n) is 4.50. The summed E-state index contributed by atoms with van der Waals surface area (Å²) in [6, 6.07) is 0. The van der Waals surface area contributed by atoms with Crippen molar-refractivity contribution in [3.63, 3.8) is 0 Å². The van der Waals surface area contributed by atoms with Gasteiger partial charge in [0.1, 0.15) is 0 Å². The number of hydrogen-bond acceptors (Lipinski definition) is 1. The van der Waals surface area contributed by atoms with Crippen LogP contribution in [0.15, 0.2) is 0 Å². The fraction of sp³-hybridized carbons (Fsp3) is 1.00. The Morgan fingerprint density at radius 2 is 1.75 bits per heavy atom. The van der Waals surface area contributed by atoms with Crippen molar-refractivity contribution in [3.05, 3.63) is 0 Å². The standard InChI is InChI=1S/C10H21ClO/c1-6-10(4,8-11)7-9(2,3)12-5/h6-8H2,1-5H3. The number of ether oxygens (including phenoxy) is 1. The van der Waals surface area contributed by atoms with Gasteiger partial charge in [0.2, 0.25) is 0 Å². The summed E-state index contributed by atoms with van der Waals surface area (Å²) in [7, 11) is 1.75. The van der Waals surface area contributed by atoms with Crippen LogP contribution in [0.25, 0.3) is 0 Å². The Labute approximate surface area is 81.4 Å².